The van der Waals surface area contributed by atoms with Crippen molar-refractivity contribution in [1.82, 2.24) is 9.88 Å². The maximum atomic E-state index is 12.1. The summed E-state index contributed by atoms with van der Waals surface area (Å²) in [7, 11) is 3.47. The van der Waals surface area contributed by atoms with Crippen molar-refractivity contribution >= 4 is 46.6 Å². The van der Waals surface area contributed by atoms with Gasteiger partial charge < -0.3 is 21.7 Å². The lowest BCUT2D eigenvalue weighted by Gasteiger charge is -2.10. The van der Waals surface area contributed by atoms with Crippen LogP contribution in [-0.2, 0) is 30.6 Å². The van der Waals surface area contributed by atoms with E-state index in [9.17, 15) is 9.59 Å². The molecule has 2 amide bonds. The molecule has 0 spiro atoms. The summed E-state index contributed by atoms with van der Waals surface area (Å²) in [6.45, 7) is 1.93. The highest BCUT2D eigenvalue weighted by Gasteiger charge is 2.14. The van der Waals surface area contributed by atoms with Crippen LogP contribution in [0.15, 0.2) is 53.5 Å². The number of aromatic nitrogens is 1. The Morgan fingerprint density at radius 1 is 0.971 bits per heavy atom. The SMILES string of the molecule is CC(=O)Nc1nc(CCc2ccc(CN=C(N)N)cc2)c(Cc2ccc(C(=O)N(C)C)cc2)s1.Cl. The molecule has 3 aromatic rings. The number of nitrogens with one attached hydrogen (secondary N) is 1. The van der Waals surface area contributed by atoms with Gasteiger partial charge in [-0.1, -0.05) is 36.4 Å². The number of benzene rings is 2. The summed E-state index contributed by atoms with van der Waals surface area (Å²) in [5, 5.41) is 3.40. The maximum absolute atomic E-state index is 12.1. The normalized spacial score (nSPS) is 10.3. The van der Waals surface area contributed by atoms with E-state index < -0.39 is 0 Å². The first-order valence-corrected chi connectivity index (χ1v) is 11.7. The molecule has 2 aromatic carbocycles. The van der Waals surface area contributed by atoms with Crippen molar-refractivity contribution in [3.05, 3.63) is 81.4 Å². The van der Waals surface area contributed by atoms with Crippen LogP contribution in [0.1, 0.15) is 44.5 Å². The smallest absolute Gasteiger partial charge is 0.253 e. The summed E-state index contributed by atoms with van der Waals surface area (Å²) in [6.07, 6.45) is 2.24. The van der Waals surface area contributed by atoms with E-state index in [1.54, 1.807) is 19.0 Å². The average molecular weight is 515 g/mol. The highest BCUT2D eigenvalue weighted by Crippen LogP contribution is 2.27. The van der Waals surface area contributed by atoms with Gasteiger partial charge in [0.2, 0.25) is 5.91 Å². The molecule has 0 saturated heterocycles. The van der Waals surface area contributed by atoms with Gasteiger partial charge in [0, 0.05) is 37.9 Å². The number of amides is 2. The van der Waals surface area contributed by atoms with Crippen molar-refractivity contribution < 1.29 is 9.59 Å². The van der Waals surface area contributed by atoms with E-state index in [-0.39, 0.29) is 30.2 Å². The topological polar surface area (TPSA) is 127 Å². The number of halogens is 1. The van der Waals surface area contributed by atoms with E-state index in [4.69, 9.17) is 11.5 Å². The van der Waals surface area contributed by atoms with Crippen molar-refractivity contribution in [2.24, 2.45) is 16.5 Å². The lowest BCUT2D eigenvalue weighted by Crippen LogP contribution is -2.22. The second kappa shape index (κ2) is 12.9. The fourth-order valence-corrected chi connectivity index (χ4v) is 4.47. The molecule has 10 heteroatoms. The molecule has 0 fully saturated rings. The van der Waals surface area contributed by atoms with Gasteiger partial charge in [0.25, 0.3) is 5.91 Å². The Bertz CT molecular complexity index is 1170. The Labute approximate surface area is 215 Å². The van der Waals surface area contributed by atoms with E-state index >= 15 is 0 Å². The third kappa shape index (κ3) is 8.38. The van der Waals surface area contributed by atoms with Crippen LogP contribution in [0.3, 0.4) is 0 Å². The minimum absolute atomic E-state index is 0. The molecule has 1 aromatic heterocycles. The molecule has 3 rings (SSSR count). The Kier molecular flexibility index (Phi) is 10.2. The van der Waals surface area contributed by atoms with Crippen LogP contribution in [0, 0.1) is 0 Å². The van der Waals surface area contributed by atoms with Gasteiger partial charge in [-0.25, -0.2) is 9.98 Å². The summed E-state index contributed by atoms with van der Waals surface area (Å²) in [4.78, 5) is 35.1. The molecule has 0 unspecified atom stereocenters. The second-order valence-electron chi connectivity index (χ2n) is 8.20. The monoisotopic (exact) mass is 514 g/mol. The maximum Gasteiger partial charge on any atom is 0.253 e. The molecule has 5 N–H and O–H groups in total. The molecule has 0 radical (unpaired) electrons. The molecular weight excluding hydrogens is 484 g/mol. The van der Waals surface area contributed by atoms with Crippen LogP contribution in [0.2, 0.25) is 0 Å². The van der Waals surface area contributed by atoms with Gasteiger partial charge in [-0.05, 0) is 41.7 Å². The van der Waals surface area contributed by atoms with Gasteiger partial charge in [0.1, 0.15) is 0 Å². The Hall–Kier alpha value is -3.43. The summed E-state index contributed by atoms with van der Waals surface area (Å²) < 4.78 is 0. The third-order valence-electron chi connectivity index (χ3n) is 5.15. The Morgan fingerprint density at radius 2 is 1.57 bits per heavy atom. The minimum atomic E-state index is -0.144. The van der Waals surface area contributed by atoms with E-state index in [0.29, 0.717) is 23.7 Å². The fourth-order valence-electron chi connectivity index (χ4n) is 3.39. The first kappa shape index (κ1) is 27.8. The standard InChI is InChI=1S/C25H30N6O2S.ClH/c1-16(32)29-25-30-21(13-10-17-4-6-19(7-5-17)15-28-24(26)27)22(34-25)14-18-8-11-20(12-9-18)23(33)31(2)3;/h4-9,11-12H,10,13-15H2,1-3H3,(H4,26,27,28)(H,29,30,32);1H. The van der Waals surface area contributed by atoms with Crippen molar-refractivity contribution in [2.45, 2.75) is 32.7 Å². The quantitative estimate of drug-likeness (QED) is 0.298. The Balaban J connectivity index is 0.00000432. The summed E-state index contributed by atoms with van der Waals surface area (Å²) in [6, 6.07) is 15.8. The first-order valence-electron chi connectivity index (χ1n) is 10.9. The molecule has 0 aliphatic rings. The van der Waals surface area contributed by atoms with Crippen molar-refractivity contribution in [3.8, 4) is 0 Å². The third-order valence-corrected chi connectivity index (χ3v) is 6.16. The highest BCUT2D eigenvalue weighted by molar-refractivity contribution is 7.15. The molecule has 0 aliphatic carbocycles. The van der Waals surface area contributed by atoms with Crippen LogP contribution in [0.4, 0.5) is 5.13 Å². The molecular formula is C25H31ClN6O2S. The molecule has 8 nitrogen and oxygen atoms in total. The molecule has 0 atom stereocenters. The number of hydrogen-bond donors (Lipinski definition) is 3. The zero-order valence-corrected chi connectivity index (χ0v) is 21.7. The number of hydrogen-bond acceptors (Lipinski definition) is 5. The lowest BCUT2D eigenvalue weighted by molar-refractivity contribution is -0.114. The number of guanidine groups is 1. The number of aliphatic imine (C=N–C) groups is 1. The second-order valence-corrected chi connectivity index (χ2v) is 9.28. The molecule has 1 heterocycles. The zero-order chi connectivity index (χ0) is 24.7. The molecule has 0 bridgehead atoms. The van der Waals surface area contributed by atoms with Crippen molar-refractivity contribution in [1.29, 1.82) is 0 Å². The molecule has 35 heavy (non-hydrogen) atoms. The number of carbonyl (C=O) groups is 2. The van der Waals surface area contributed by atoms with Crippen molar-refractivity contribution in [3.63, 3.8) is 0 Å². The number of thiazole rings is 1. The number of aryl methyl sites for hydroxylation is 2. The van der Waals surface area contributed by atoms with Gasteiger partial charge in [-0.15, -0.1) is 23.7 Å². The number of anilines is 1. The average Bonchev–Trinajstić information content (AvgIpc) is 3.17. The van der Waals surface area contributed by atoms with E-state index in [1.807, 2.05) is 36.4 Å². The van der Waals surface area contributed by atoms with Gasteiger partial charge in [0.05, 0.1) is 12.2 Å². The van der Waals surface area contributed by atoms with Crippen molar-refractivity contribution in [2.75, 3.05) is 19.4 Å². The number of carbonyl (C=O) groups excluding carboxylic acids is 2. The predicted molar refractivity (Wildman–Crippen MR) is 144 cm³/mol. The highest BCUT2D eigenvalue weighted by atomic mass is 35.5. The number of rotatable bonds is 9. The predicted octanol–water partition coefficient (Wildman–Crippen LogP) is 3.37. The van der Waals surface area contributed by atoms with Gasteiger partial charge in [-0.3, -0.25) is 9.59 Å². The van der Waals surface area contributed by atoms with Crippen LogP contribution in [-0.4, -0.2) is 41.8 Å². The molecule has 0 aliphatic heterocycles. The Morgan fingerprint density at radius 3 is 2.14 bits per heavy atom. The number of nitrogens with zero attached hydrogens (tertiary/aromatic N) is 3. The fraction of sp³-hybridized carbons (Fsp3) is 0.280. The summed E-state index contributed by atoms with van der Waals surface area (Å²) >= 11 is 1.49. The summed E-state index contributed by atoms with van der Waals surface area (Å²) in [5.74, 6) is -0.0916. The lowest BCUT2D eigenvalue weighted by atomic mass is 10.0. The van der Waals surface area contributed by atoms with E-state index in [0.717, 1.165) is 34.5 Å². The van der Waals surface area contributed by atoms with E-state index in [1.165, 1.54) is 23.8 Å². The largest absolute Gasteiger partial charge is 0.370 e. The zero-order valence-electron chi connectivity index (χ0n) is 20.1. The first-order chi connectivity index (χ1) is 16.2. The number of nitrogens with two attached hydrogens (primary N) is 2. The van der Waals surface area contributed by atoms with Crippen LogP contribution >= 0.6 is 23.7 Å². The van der Waals surface area contributed by atoms with Gasteiger partial charge in [0.15, 0.2) is 11.1 Å². The van der Waals surface area contributed by atoms with E-state index in [2.05, 4.69) is 27.4 Å². The molecule has 186 valence electrons. The van der Waals surface area contributed by atoms with Gasteiger partial charge in [-0.2, -0.15) is 0 Å². The van der Waals surface area contributed by atoms with Crippen LogP contribution < -0.4 is 16.8 Å². The molecule has 0 saturated carbocycles. The van der Waals surface area contributed by atoms with Gasteiger partial charge >= 0.3 is 0 Å². The van der Waals surface area contributed by atoms with Crippen LogP contribution in [0.25, 0.3) is 0 Å². The van der Waals surface area contributed by atoms with Crippen LogP contribution in [0.5, 0.6) is 0 Å². The minimum Gasteiger partial charge on any atom is -0.370 e. The summed E-state index contributed by atoms with van der Waals surface area (Å²) in [5.41, 5.74) is 15.7.